The molecule has 2 aromatic carbocycles. The molecule has 1 aromatic heterocycles. The molecule has 0 aliphatic rings. The summed E-state index contributed by atoms with van der Waals surface area (Å²) in [7, 11) is 4.05. The first-order chi connectivity index (χ1) is 13.9. The molecule has 3 aromatic rings. The number of amides is 1. The van der Waals surface area contributed by atoms with Crippen molar-refractivity contribution in [3.8, 4) is 5.69 Å². The van der Waals surface area contributed by atoms with Crippen LogP contribution in [-0.4, -0.2) is 46.8 Å². The van der Waals surface area contributed by atoms with Gasteiger partial charge in [0, 0.05) is 24.6 Å². The Kier molecular flexibility index (Phi) is 7.12. The second kappa shape index (κ2) is 9.76. The van der Waals surface area contributed by atoms with E-state index in [1.807, 2.05) is 43.1 Å². The van der Waals surface area contributed by atoms with Crippen LogP contribution in [-0.2, 0) is 4.79 Å². The van der Waals surface area contributed by atoms with E-state index in [-0.39, 0.29) is 11.9 Å². The number of nitrogens with zero attached hydrogens (tertiary/aromatic N) is 3. The maximum Gasteiger partial charge on any atom is 0.230 e. The van der Waals surface area contributed by atoms with Gasteiger partial charge in [-0.3, -0.25) is 9.36 Å². The second-order valence-electron chi connectivity index (χ2n) is 7.41. The molecule has 0 unspecified atom stereocenters. The predicted molar refractivity (Wildman–Crippen MR) is 120 cm³/mol. The lowest BCUT2D eigenvalue weighted by Crippen LogP contribution is -2.35. The lowest BCUT2D eigenvalue weighted by molar-refractivity contribution is -0.118. The minimum Gasteiger partial charge on any atom is -0.353 e. The number of nitrogens with one attached hydrogen (secondary N) is 1. The zero-order valence-corrected chi connectivity index (χ0v) is 18.2. The molecule has 0 saturated carbocycles. The third kappa shape index (κ3) is 5.71. The summed E-state index contributed by atoms with van der Waals surface area (Å²) in [5, 5.41) is 3.88. The van der Waals surface area contributed by atoms with Gasteiger partial charge in [0.15, 0.2) is 5.16 Å². The minimum atomic E-state index is 0.00718. The predicted octanol–water partition coefficient (Wildman–Crippen LogP) is 4.00. The first-order valence-corrected chi connectivity index (χ1v) is 10.7. The van der Waals surface area contributed by atoms with Crippen molar-refractivity contribution in [2.75, 3.05) is 26.4 Å². The van der Waals surface area contributed by atoms with E-state index in [2.05, 4.69) is 59.4 Å². The monoisotopic (exact) mass is 408 g/mol. The van der Waals surface area contributed by atoms with Gasteiger partial charge in [0.1, 0.15) is 0 Å². The van der Waals surface area contributed by atoms with Crippen molar-refractivity contribution in [2.24, 2.45) is 0 Å². The van der Waals surface area contributed by atoms with E-state index in [0.717, 1.165) is 10.8 Å². The Bertz CT molecular complexity index is 932. The molecule has 3 rings (SSSR count). The molecule has 1 amide bonds. The number of carbonyl (C=O) groups excluding carboxylic acids is 1. The van der Waals surface area contributed by atoms with Crippen molar-refractivity contribution in [3.63, 3.8) is 0 Å². The number of aryl methyl sites for hydroxylation is 2. The van der Waals surface area contributed by atoms with Crippen molar-refractivity contribution >= 4 is 17.7 Å². The largest absolute Gasteiger partial charge is 0.353 e. The quantitative estimate of drug-likeness (QED) is 0.573. The Balaban J connectivity index is 1.60. The highest BCUT2D eigenvalue weighted by atomic mass is 32.2. The van der Waals surface area contributed by atoms with Crippen LogP contribution in [0.3, 0.4) is 0 Å². The van der Waals surface area contributed by atoms with E-state index in [1.54, 1.807) is 6.20 Å². The molecule has 0 saturated heterocycles. The summed E-state index contributed by atoms with van der Waals surface area (Å²) in [5.74, 6) is 0.337. The molecule has 0 fully saturated rings. The third-order valence-electron chi connectivity index (χ3n) is 4.72. The number of benzene rings is 2. The Morgan fingerprint density at radius 1 is 1.14 bits per heavy atom. The summed E-state index contributed by atoms with van der Waals surface area (Å²) in [5.41, 5.74) is 4.67. The van der Waals surface area contributed by atoms with Crippen LogP contribution in [0.1, 0.15) is 22.7 Å². The fourth-order valence-corrected chi connectivity index (χ4v) is 4.15. The fraction of sp³-hybridized carbons (Fsp3) is 0.304. The van der Waals surface area contributed by atoms with Gasteiger partial charge in [0.2, 0.25) is 5.91 Å². The van der Waals surface area contributed by atoms with E-state index in [9.17, 15) is 4.79 Å². The lowest BCUT2D eigenvalue weighted by Gasteiger charge is -2.25. The molecule has 0 aliphatic carbocycles. The maximum absolute atomic E-state index is 12.5. The number of carbonyl (C=O) groups is 1. The van der Waals surface area contributed by atoms with E-state index in [4.69, 9.17) is 0 Å². The third-order valence-corrected chi connectivity index (χ3v) is 5.69. The van der Waals surface area contributed by atoms with Gasteiger partial charge in [0.25, 0.3) is 0 Å². The average molecular weight is 409 g/mol. The average Bonchev–Trinajstić information content (AvgIpc) is 3.15. The van der Waals surface area contributed by atoms with Gasteiger partial charge >= 0.3 is 0 Å². The number of rotatable bonds is 8. The standard InChI is InChI=1S/C23H28N4OS/c1-17-12-18(2)14-20(13-17)27-11-10-24-23(27)29-16-22(28)25-15-21(26(3)4)19-8-6-5-7-9-19/h5-14,21H,15-16H2,1-4H3,(H,25,28)/t21-/m1/s1. The summed E-state index contributed by atoms with van der Waals surface area (Å²) in [4.78, 5) is 19.0. The smallest absolute Gasteiger partial charge is 0.230 e. The molecular formula is C23H28N4OS. The summed E-state index contributed by atoms with van der Waals surface area (Å²) in [6, 6.07) is 16.8. The second-order valence-corrected chi connectivity index (χ2v) is 8.35. The van der Waals surface area contributed by atoms with Crippen molar-refractivity contribution in [2.45, 2.75) is 25.0 Å². The molecule has 0 radical (unpaired) electrons. The van der Waals surface area contributed by atoms with Crippen LogP contribution in [0, 0.1) is 13.8 Å². The summed E-state index contributed by atoms with van der Waals surface area (Å²) >= 11 is 1.45. The van der Waals surface area contributed by atoms with Crippen LogP contribution in [0.25, 0.3) is 5.69 Å². The minimum absolute atomic E-state index is 0.00718. The highest BCUT2D eigenvalue weighted by Gasteiger charge is 2.16. The van der Waals surface area contributed by atoms with Gasteiger partial charge in [-0.1, -0.05) is 48.2 Å². The highest BCUT2D eigenvalue weighted by Crippen LogP contribution is 2.22. The number of hydrogen-bond donors (Lipinski definition) is 1. The van der Waals surface area contributed by atoms with E-state index in [1.165, 1.54) is 28.5 Å². The van der Waals surface area contributed by atoms with Crippen LogP contribution < -0.4 is 5.32 Å². The topological polar surface area (TPSA) is 50.2 Å². The van der Waals surface area contributed by atoms with Crippen LogP contribution in [0.4, 0.5) is 0 Å². The summed E-state index contributed by atoms with van der Waals surface area (Å²) < 4.78 is 2.03. The molecule has 0 bridgehead atoms. The Hall–Kier alpha value is -2.57. The molecule has 0 spiro atoms. The molecule has 152 valence electrons. The van der Waals surface area contributed by atoms with Crippen LogP contribution >= 0.6 is 11.8 Å². The zero-order chi connectivity index (χ0) is 20.8. The molecule has 0 aliphatic heterocycles. The highest BCUT2D eigenvalue weighted by molar-refractivity contribution is 7.99. The number of aromatic nitrogens is 2. The van der Waals surface area contributed by atoms with Gasteiger partial charge in [-0.2, -0.15) is 0 Å². The number of imidazole rings is 1. The van der Waals surface area contributed by atoms with Gasteiger partial charge in [0.05, 0.1) is 11.8 Å². The van der Waals surface area contributed by atoms with E-state index in [0.29, 0.717) is 12.3 Å². The number of hydrogen-bond acceptors (Lipinski definition) is 4. The Morgan fingerprint density at radius 3 is 2.48 bits per heavy atom. The summed E-state index contributed by atoms with van der Waals surface area (Å²) in [6.45, 7) is 4.74. The van der Waals surface area contributed by atoms with Crippen LogP contribution in [0.15, 0.2) is 66.1 Å². The first-order valence-electron chi connectivity index (χ1n) is 9.67. The zero-order valence-electron chi connectivity index (χ0n) is 17.4. The normalized spacial score (nSPS) is 12.2. The van der Waals surface area contributed by atoms with E-state index < -0.39 is 0 Å². The Morgan fingerprint density at radius 2 is 1.83 bits per heavy atom. The summed E-state index contributed by atoms with van der Waals surface area (Å²) in [6.07, 6.45) is 3.71. The lowest BCUT2D eigenvalue weighted by atomic mass is 10.1. The molecule has 1 N–H and O–H groups in total. The van der Waals surface area contributed by atoms with Crippen molar-refractivity contribution < 1.29 is 4.79 Å². The van der Waals surface area contributed by atoms with Crippen LogP contribution in [0.2, 0.25) is 0 Å². The van der Waals surface area contributed by atoms with Gasteiger partial charge in [-0.25, -0.2) is 4.98 Å². The van der Waals surface area contributed by atoms with Crippen molar-refractivity contribution in [1.82, 2.24) is 19.8 Å². The number of likely N-dealkylation sites (N-methyl/N-ethyl adjacent to an activating group) is 1. The van der Waals surface area contributed by atoms with Crippen molar-refractivity contribution in [1.29, 1.82) is 0 Å². The fourth-order valence-electron chi connectivity index (χ4n) is 3.35. The van der Waals surface area contributed by atoms with E-state index >= 15 is 0 Å². The van der Waals surface area contributed by atoms with Crippen molar-refractivity contribution in [3.05, 3.63) is 77.6 Å². The molecule has 6 heteroatoms. The molecule has 5 nitrogen and oxygen atoms in total. The van der Waals surface area contributed by atoms with Gasteiger partial charge in [-0.15, -0.1) is 0 Å². The first kappa shape index (κ1) is 21.1. The Labute approximate surface area is 177 Å². The molecule has 1 heterocycles. The molecule has 29 heavy (non-hydrogen) atoms. The number of thioether (sulfide) groups is 1. The molecular weight excluding hydrogens is 380 g/mol. The van der Waals surface area contributed by atoms with Gasteiger partial charge in [-0.05, 0) is 56.8 Å². The maximum atomic E-state index is 12.5. The van der Waals surface area contributed by atoms with Crippen LogP contribution in [0.5, 0.6) is 0 Å². The molecule has 1 atom stereocenters. The SMILES string of the molecule is Cc1cc(C)cc(-n2ccnc2SCC(=O)NC[C@H](c2ccccc2)N(C)C)c1. The van der Waals surface area contributed by atoms with Gasteiger partial charge < -0.3 is 10.2 Å².